The van der Waals surface area contributed by atoms with Gasteiger partial charge in [0.1, 0.15) is 23.0 Å². The molecule has 0 radical (unpaired) electrons. The van der Waals surface area contributed by atoms with Crippen molar-refractivity contribution in [1.29, 1.82) is 0 Å². The molecule has 1 saturated heterocycles. The standard InChI is InChI=1S/C19H16F3N3O3/c20-10-7-11(21)15(12(22)8-10)19-24-16-14(26)9-13(17(27)18(16)28-19)23-3-6-25-4-1-2-5-25/h7-9,23H,1-6H2. The molecule has 1 fully saturated rings. The molecule has 1 aromatic heterocycles. The Labute approximate surface area is 158 Å². The number of carbonyl (C=O) groups is 2. The molecule has 4 rings (SSSR count). The van der Waals surface area contributed by atoms with E-state index in [2.05, 4.69) is 15.2 Å². The molecular weight excluding hydrogens is 375 g/mol. The molecule has 28 heavy (non-hydrogen) atoms. The van der Waals surface area contributed by atoms with Crippen molar-refractivity contribution in [2.45, 2.75) is 12.8 Å². The van der Waals surface area contributed by atoms with E-state index in [-0.39, 0.29) is 11.4 Å². The van der Waals surface area contributed by atoms with Crippen LogP contribution in [0.5, 0.6) is 0 Å². The van der Waals surface area contributed by atoms with Crippen LogP contribution in [0, 0.1) is 17.5 Å². The molecule has 1 aliphatic heterocycles. The van der Waals surface area contributed by atoms with Crippen LogP contribution in [-0.2, 0) is 0 Å². The van der Waals surface area contributed by atoms with E-state index in [4.69, 9.17) is 4.42 Å². The molecule has 6 nitrogen and oxygen atoms in total. The van der Waals surface area contributed by atoms with Crippen LogP contribution in [-0.4, -0.2) is 47.6 Å². The topological polar surface area (TPSA) is 75.4 Å². The summed E-state index contributed by atoms with van der Waals surface area (Å²) in [4.78, 5) is 30.9. The van der Waals surface area contributed by atoms with Crippen LogP contribution >= 0.6 is 0 Å². The number of Topliss-reactive ketones (excluding diaryl/α,β-unsaturated/α-hetero) is 1. The van der Waals surface area contributed by atoms with E-state index in [0.717, 1.165) is 38.6 Å². The second kappa shape index (κ2) is 7.23. The molecule has 2 aromatic rings. The normalized spacial score (nSPS) is 17.0. The summed E-state index contributed by atoms with van der Waals surface area (Å²) in [5.74, 6) is -5.81. The van der Waals surface area contributed by atoms with Crippen molar-refractivity contribution in [2.24, 2.45) is 0 Å². The molecule has 1 N–H and O–H groups in total. The van der Waals surface area contributed by atoms with Crippen molar-refractivity contribution in [3.63, 3.8) is 0 Å². The molecule has 2 heterocycles. The molecule has 0 atom stereocenters. The van der Waals surface area contributed by atoms with Crippen LogP contribution in [0.4, 0.5) is 13.2 Å². The zero-order valence-electron chi connectivity index (χ0n) is 14.7. The summed E-state index contributed by atoms with van der Waals surface area (Å²) in [5.41, 5.74) is -1.02. The number of aromatic nitrogens is 1. The van der Waals surface area contributed by atoms with Gasteiger partial charge in [-0.2, -0.15) is 0 Å². The lowest BCUT2D eigenvalue weighted by Crippen LogP contribution is -2.33. The average Bonchev–Trinajstić information content (AvgIpc) is 3.28. The summed E-state index contributed by atoms with van der Waals surface area (Å²) in [6.45, 7) is 3.18. The van der Waals surface area contributed by atoms with Crippen molar-refractivity contribution in [1.82, 2.24) is 15.2 Å². The number of oxazole rings is 1. The number of halogens is 3. The molecule has 0 amide bonds. The largest absolute Gasteiger partial charge is 0.431 e. The van der Waals surface area contributed by atoms with Crippen LogP contribution in [0.1, 0.15) is 33.9 Å². The summed E-state index contributed by atoms with van der Waals surface area (Å²) < 4.78 is 46.2. The van der Waals surface area contributed by atoms with Gasteiger partial charge in [-0.05, 0) is 25.9 Å². The number of nitrogens with one attached hydrogen (secondary N) is 1. The molecule has 0 saturated carbocycles. The summed E-state index contributed by atoms with van der Waals surface area (Å²) in [6, 6.07) is 0.934. The summed E-state index contributed by atoms with van der Waals surface area (Å²) in [5, 5.41) is 2.91. The number of nitrogens with zero attached hydrogens (tertiary/aromatic N) is 2. The van der Waals surface area contributed by atoms with E-state index in [1.807, 2.05) is 0 Å². The highest BCUT2D eigenvalue weighted by Crippen LogP contribution is 2.30. The lowest BCUT2D eigenvalue weighted by molar-refractivity contribution is 0.0956. The van der Waals surface area contributed by atoms with Gasteiger partial charge < -0.3 is 14.6 Å². The van der Waals surface area contributed by atoms with Gasteiger partial charge >= 0.3 is 0 Å². The molecule has 1 aromatic carbocycles. The fraction of sp³-hybridized carbons (Fsp3) is 0.316. The molecular formula is C19H16F3N3O3. The van der Waals surface area contributed by atoms with Crippen molar-refractivity contribution >= 4 is 11.6 Å². The Bertz CT molecular complexity index is 971. The Morgan fingerprint density at radius 2 is 1.79 bits per heavy atom. The van der Waals surface area contributed by atoms with Crippen molar-refractivity contribution in [2.75, 3.05) is 26.2 Å². The Balaban J connectivity index is 1.56. The van der Waals surface area contributed by atoms with Gasteiger partial charge in [0.2, 0.25) is 23.2 Å². The Hall–Kier alpha value is -2.94. The van der Waals surface area contributed by atoms with Crippen LogP contribution in [0.3, 0.4) is 0 Å². The van der Waals surface area contributed by atoms with Gasteiger partial charge in [0.05, 0.1) is 5.70 Å². The first kappa shape index (κ1) is 18.4. The number of benzene rings is 1. The van der Waals surface area contributed by atoms with E-state index in [0.29, 0.717) is 18.7 Å². The number of hydrogen-bond donors (Lipinski definition) is 1. The number of carbonyl (C=O) groups excluding carboxylic acids is 2. The maximum atomic E-state index is 14.0. The third kappa shape index (κ3) is 3.33. The van der Waals surface area contributed by atoms with Crippen molar-refractivity contribution in [3.05, 3.63) is 52.8 Å². The van der Waals surface area contributed by atoms with Gasteiger partial charge in [-0.1, -0.05) is 0 Å². The third-order valence-corrected chi connectivity index (χ3v) is 4.75. The fourth-order valence-electron chi connectivity index (χ4n) is 3.37. The summed E-state index contributed by atoms with van der Waals surface area (Å²) in [7, 11) is 0. The number of fused-ring (bicyclic) bond motifs is 1. The molecule has 0 spiro atoms. The van der Waals surface area contributed by atoms with E-state index < -0.39 is 46.2 Å². The van der Waals surface area contributed by atoms with Crippen LogP contribution in [0.25, 0.3) is 11.5 Å². The summed E-state index contributed by atoms with van der Waals surface area (Å²) in [6.07, 6.45) is 3.37. The highest BCUT2D eigenvalue weighted by atomic mass is 19.1. The first-order valence-electron chi connectivity index (χ1n) is 8.86. The number of rotatable bonds is 5. The van der Waals surface area contributed by atoms with Gasteiger partial charge in [0.15, 0.2) is 5.69 Å². The highest BCUT2D eigenvalue weighted by Gasteiger charge is 2.33. The second-order valence-corrected chi connectivity index (χ2v) is 6.67. The smallest absolute Gasteiger partial charge is 0.246 e. The minimum atomic E-state index is -1.24. The van der Waals surface area contributed by atoms with Gasteiger partial charge in [0.25, 0.3) is 0 Å². The Kier molecular flexibility index (Phi) is 4.76. The lowest BCUT2D eigenvalue weighted by Gasteiger charge is -2.17. The van der Waals surface area contributed by atoms with E-state index in [1.165, 1.54) is 0 Å². The zero-order chi connectivity index (χ0) is 19.8. The van der Waals surface area contributed by atoms with Gasteiger partial charge in [-0.3, -0.25) is 9.59 Å². The van der Waals surface area contributed by atoms with E-state index in [9.17, 15) is 22.8 Å². The zero-order valence-corrected chi connectivity index (χ0v) is 14.7. The number of hydrogen-bond acceptors (Lipinski definition) is 6. The second-order valence-electron chi connectivity index (χ2n) is 6.67. The van der Waals surface area contributed by atoms with Gasteiger partial charge in [0, 0.05) is 31.3 Å². The number of likely N-dealkylation sites (tertiary alicyclic amines) is 1. The van der Waals surface area contributed by atoms with Crippen LogP contribution < -0.4 is 5.32 Å². The van der Waals surface area contributed by atoms with Crippen LogP contribution in [0.2, 0.25) is 0 Å². The molecule has 146 valence electrons. The molecule has 1 aliphatic carbocycles. The van der Waals surface area contributed by atoms with Crippen molar-refractivity contribution in [3.8, 4) is 11.5 Å². The Morgan fingerprint density at radius 3 is 2.46 bits per heavy atom. The third-order valence-electron chi connectivity index (χ3n) is 4.75. The molecule has 9 heteroatoms. The first-order valence-corrected chi connectivity index (χ1v) is 8.86. The van der Waals surface area contributed by atoms with E-state index in [1.54, 1.807) is 0 Å². The summed E-state index contributed by atoms with van der Waals surface area (Å²) >= 11 is 0. The quantitative estimate of drug-likeness (QED) is 0.845. The predicted molar refractivity (Wildman–Crippen MR) is 92.2 cm³/mol. The van der Waals surface area contributed by atoms with Gasteiger partial charge in [-0.25, -0.2) is 18.2 Å². The Morgan fingerprint density at radius 1 is 1.11 bits per heavy atom. The molecule has 0 unspecified atom stereocenters. The first-order chi connectivity index (χ1) is 13.4. The maximum absolute atomic E-state index is 14.0. The van der Waals surface area contributed by atoms with Crippen molar-refractivity contribution < 1.29 is 27.2 Å². The van der Waals surface area contributed by atoms with E-state index >= 15 is 0 Å². The molecule has 2 aliphatic rings. The SMILES string of the molecule is O=C1C=C(NCCN2CCCC2)C(=O)c2oc(-c3c(F)cc(F)cc3F)nc21. The molecule has 0 bridgehead atoms. The monoisotopic (exact) mass is 391 g/mol. The highest BCUT2D eigenvalue weighted by molar-refractivity contribution is 6.22. The van der Waals surface area contributed by atoms with Gasteiger partial charge in [-0.15, -0.1) is 0 Å². The minimum absolute atomic E-state index is 0.0412. The number of allylic oxidation sites excluding steroid dienone is 2. The number of ketones is 2. The van der Waals surface area contributed by atoms with Crippen LogP contribution in [0.15, 0.2) is 28.3 Å². The maximum Gasteiger partial charge on any atom is 0.246 e. The fourth-order valence-corrected chi connectivity index (χ4v) is 3.37. The lowest BCUT2D eigenvalue weighted by atomic mass is 10.0. The minimum Gasteiger partial charge on any atom is -0.431 e. The predicted octanol–water partition coefficient (Wildman–Crippen LogP) is 2.71. The average molecular weight is 391 g/mol.